The summed E-state index contributed by atoms with van der Waals surface area (Å²) in [5.74, 6) is 0.0811. The van der Waals surface area contributed by atoms with E-state index in [1.807, 2.05) is 4.90 Å². The number of likely N-dealkylation sites (tertiary alicyclic amines) is 1. The number of ether oxygens (including phenoxy) is 1. The number of amidine groups is 1. The summed E-state index contributed by atoms with van der Waals surface area (Å²) in [5.41, 5.74) is 1.23. The van der Waals surface area contributed by atoms with Gasteiger partial charge in [0.25, 0.3) is 5.91 Å². The van der Waals surface area contributed by atoms with Crippen LogP contribution in [0.2, 0.25) is 0 Å². The Labute approximate surface area is 218 Å². The number of piperidine rings is 1. The molecule has 1 fully saturated rings. The number of anilines is 2. The number of aliphatic hydroxyl groups excluding tert-OH is 1. The summed E-state index contributed by atoms with van der Waals surface area (Å²) >= 11 is 1.29. The molecule has 2 aliphatic rings. The van der Waals surface area contributed by atoms with Crippen LogP contribution in [0.25, 0.3) is 6.08 Å². The number of aromatic hydroxyl groups is 1. The first-order chi connectivity index (χ1) is 17.6. The minimum atomic E-state index is -3.57. The van der Waals surface area contributed by atoms with Gasteiger partial charge in [-0.3, -0.25) is 14.3 Å². The number of rotatable bonds is 8. The zero-order chi connectivity index (χ0) is 26.6. The molecule has 2 aliphatic heterocycles. The molecule has 11 nitrogen and oxygen atoms in total. The van der Waals surface area contributed by atoms with Crippen LogP contribution in [0.3, 0.4) is 0 Å². The molecule has 2 aromatic rings. The summed E-state index contributed by atoms with van der Waals surface area (Å²) in [4.78, 5) is 30.3. The Morgan fingerprint density at radius 3 is 2.54 bits per heavy atom. The van der Waals surface area contributed by atoms with Crippen LogP contribution in [0.4, 0.5) is 11.4 Å². The van der Waals surface area contributed by atoms with Gasteiger partial charge >= 0.3 is 0 Å². The molecule has 2 aromatic carbocycles. The normalized spacial score (nSPS) is 18.1. The van der Waals surface area contributed by atoms with Gasteiger partial charge in [0.15, 0.2) is 5.17 Å². The summed E-state index contributed by atoms with van der Waals surface area (Å²) < 4.78 is 30.6. The standard InChI is InChI=1S/C24H26N4O7S2/c1-37(33,34)27-19-13-16(4-7-20(19)30)25-14-22(31)35-18-5-2-15(3-6-18)12-21-23(32)26-24(36-21)28-10-8-17(29)9-11-28/h2-7,12-13,22,25,27,30-31H,8-11,14H2,1H3/b21-12-. The highest BCUT2D eigenvalue weighted by molar-refractivity contribution is 8.18. The number of hydrogen-bond acceptors (Lipinski definition) is 10. The number of sulfonamides is 1. The average Bonchev–Trinajstić information content (AvgIpc) is 3.20. The smallest absolute Gasteiger partial charge is 0.286 e. The SMILES string of the molecule is CS(=O)(=O)Nc1cc(NCC(O)Oc2ccc(/C=C3\SC(N4CCC(=O)CC4)=NC3=O)cc2)ccc1O. The number of carbonyl (C=O) groups is 2. The number of carbonyl (C=O) groups excluding carboxylic acids is 2. The van der Waals surface area contributed by atoms with Crippen molar-refractivity contribution in [3.05, 3.63) is 52.9 Å². The number of phenols is 1. The van der Waals surface area contributed by atoms with Gasteiger partial charge in [-0.1, -0.05) is 12.1 Å². The van der Waals surface area contributed by atoms with Crippen LogP contribution in [0, 0.1) is 0 Å². The Bertz CT molecular complexity index is 1350. The van der Waals surface area contributed by atoms with Crippen LogP contribution in [-0.4, -0.2) is 72.6 Å². The van der Waals surface area contributed by atoms with Gasteiger partial charge in [0, 0.05) is 31.6 Å². The van der Waals surface area contributed by atoms with Gasteiger partial charge in [-0.25, -0.2) is 8.42 Å². The lowest BCUT2D eigenvalue weighted by Crippen LogP contribution is -2.36. The van der Waals surface area contributed by atoms with E-state index in [4.69, 9.17) is 4.74 Å². The van der Waals surface area contributed by atoms with Crippen LogP contribution >= 0.6 is 11.8 Å². The molecule has 0 spiro atoms. The molecule has 1 unspecified atom stereocenters. The number of aliphatic imine (C=N–C) groups is 1. The number of nitrogens with zero attached hydrogens (tertiary/aromatic N) is 2. The molecule has 0 aromatic heterocycles. The molecule has 4 N–H and O–H groups in total. The molecule has 0 radical (unpaired) electrons. The fraction of sp³-hybridized carbons (Fsp3) is 0.292. The van der Waals surface area contributed by atoms with E-state index in [1.54, 1.807) is 30.3 Å². The third-order valence-electron chi connectivity index (χ3n) is 5.42. The van der Waals surface area contributed by atoms with Gasteiger partial charge in [0.2, 0.25) is 16.3 Å². The second-order valence-electron chi connectivity index (χ2n) is 8.46. The van der Waals surface area contributed by atoms with Crippen LogP contribution in [0.1, 0.15) is 18.4 Å². The number of Topliss-reactive ketones (excluding diaryl/α,β-unsaturated/α-hetero) is 1. The monoisotopic (exact) mass is 546 g/mol. The minimum Gasteiger partial charge on any atom is -0.506 e. The first-order valence-electron chi connectivity index (χ1n) is 11.3. The molecule has 0 aliphatic carbocycles. The average molecular weight is 547 g/mol. The van der Waals surface area contributed by atoms with E-state index in [1.165, 1.54) is 30.0 Å². The Kier molecular flexibility index (Phi) is 8.05. The Hall–Kier alpha value is -3.55. The maximum atomic E-state index is 12.3. The summed E-state index contributed by atoms with van der Waals surface area (Å²) in [7, 11) is -3.57. The van der Waals surface area contributed by atoms with E-state index in [9.17, 15) is 28.2 Å². The lowest BCUT2D eigenvalue weighted by Gasteiger charge is -2.26. The number of ketones is 1. The van der Waals surface area contributed by atoms with E-state index in [-0.39, 0.29) is 29.7 Å². The third-order valence-corrected chi connectivity index (χ3v) is 7.06. The number of benzene rings is 2. The van der Waals surface area contributed by atoms with Crippen LogP contribution in [0.15, 0.2) is 52.4 Å². The number of nitrogens with one attached hydrogen (secondary N) is 2. The van der Waals surface area contributed by atoms with E-state index >= 15 is 0 Å². The molecule has 2 heterocycles. The van der Waals surface area contributed by atoms with Crippen molar-refractivity contribution >= 4 is 56.1 Å². The number of aliphatic hydroxyl groups is 1. The maximum absolute atomic E-state index is 12.3. The molecule has 13 heteroatoms. The van der Waals surface area contributed by atoms with Crippen molar-refractivity contribution in [1.82, 2.24) is 4.90 Å². The van der Waals surface area contributed by atoms with E-state index in [0.717, 1.165) is 11.8 Å². The van der Waals surface area contributed by atoms with Crippen molar-refractivity contribution in [1.29, 1.82) is 0 Å². The van der Waals surface area contributed by atoms with Gasteiger partial charge in [-0.05, 0) is 53.7 Å². The van der Waals surface area contributed by atoms with Crippen LogP contribution < -0.4 is 14.8 Å². The number of phenolic OH excluding ortho intramolecular Hbond substituents is 1. The van der Waals surface area contributed by atoms with Crippen molar-refractivity contribution in [2.75, 3.05) is 35.9 Å². The summed E-state index contributed by atoms with van der Waals surface area (Å²) in [6.45, 7) is 1.13. The topological polar surface area (TPSA) is 158 Å². The Balaban J connectivity index is 1.30. The van der Waals surface area contributed by atoms with Gasteiger partial charge < -0.3 is 25.2 Å². The quantitative estimate of drug-likeness (QED) is 0.167. The highest BCUT2D eigenvalue weighted by Gasteiger charge is 2.28. The molecule has 0 saturated carbocycles. The zero-order valence-corrected chi connectivity index (χ0v) is 21.5. The van der Waals surface area contributed by atoms with Gasteiger partial charge in [0.05, 0.1) is 23.4 Å². The van der Waals surface area contributed by atoms with Crippen molar-refractivity contribution in [2.45, 2.75) is 19.1 Å². The number of amides is 1. The molecule has 1 saturated heterocycles. The minimum absolute atomic E-state index is 0.00933. The highest BCUT2D eigenvalue weighted by Crippen LogP contribution is 2.31. The fourth-order valence-corrected chi connectivity index (χ4v) is 5.13. The largest absolute Gasteiger partial charge is 0.506 e. The summed E-state index contributed by atoms with van der Waals surface area (Å²) in [6.07, 6.45) is 2.41. The maximum Gasteiger partial charge on any atom is 0.286 e. The second kappa shape index (κ2) is 11.2. The van der Waals surface area contributed by atoms with Crippen molar-refractivity contribution in [3.8, 4) is 11.5 Å². The molecule has 1 atom stereocenters. The van der Waals surface area contributed by atoms with E-state index in [2.05, 4.69) is 15.0 Å². The number of thioether (sulfide) groups is 1. The van der Waals surface area contributed by atoms with Gasteiger partial charge in [-0.2, -0.15) is 4.99 Å². The second-order valence-corrected chi connectivity index (χ2v) is 11.2. The number of hydrogen-bond donors (Lipinski definition) is 4. The van der Waals surface area contributed by atoms with Crippen molar-refractivity contribution < 1.29 is 33.0 Å². The Morgan fingerprint density at radius 1 is 1.16 bits per heavy atom. The lowest BCUT2D eigenvalue weighted by atomic mass is 10.1. The van der Waals surface area contributed by atoms with Gasteiger partial charge in [0.1, 0.15) is 17.3 Å². The summed E-state index contributed by atoms with van der Waals surface area (Å²) in [6, 6.07) is 11.1. The first kappa shape index (κ1) is 26.5. The predicted molar refractivity (Wildman–Crippen MR) is 142 cm³/mol. The lowest BCUT2D eigenvalue weighted by molar-refractivity contribution is -0.120. The zero-order valence-electron chi connectivity index (χ0n) is 19.9. The van der Waals surface area contributed by atoms with Crippen LogP contribution in [-0.2, 0) is 19.6 Å². The van der Waals surface area contributed by atoms with Crippen molar-refractivity contribution in [2.24, 2.45) is 4.99 Å². The molecule has 1 amide bonds. The molecular formula is C24H26N4O7S2. The molecule has 196 valence electrons. The van der Waals surface area contributed by atoms with Crippen molar-refractivity contribution in [3.63, 3.8) is 0 Å². The molecule has 37 heavy (non-hydrogen) atoms. The highest BCUT2D eigenvalue weighted by atomic mass is 32.2. The first-order valence-corrected chi connectivity index (χ1v) is 14.1. The van der Waals surface area contributed by atoms with Crippen LogP contribution in [0.5, 0.6) is 11.5 Å². The fourth-order valence-electron chi connectivity index (χ4n) is 3.61. The van der Waals surface area contributed by atoms with Gasteiger partial charge in [-0.15, -0.1) is 0 Å². The third kappa shape index (κ3) is 7.47. The molecule has 4 rings (SSSR count). The predicted octanol–water partition coefficient (Wildman–Crippen LogP) is 2.21. The molecule has 0 bridgehead atoms. The summed E-state index contributed by atoms with van der Waals surface area (Å²) in [5, 5.41) is 23.6. The molecular weight excluding hydrogens is 520 g/mol. The van der Waals surface area contributed by atoms with E-state index < -0.39 is 16.3 Å². The Morgan fingerprint density at radius 2 is 1.86 bits per heavy atom. The van der Waals surface area contributed by atoms with E-state index in [0.29, 0.717) is 47.4 Å².